The molecule has 0 saturated carbocycles. The van der Waals surface area contributed by atoms with E-state index in [0.717, 1.165) is 16.7 Å². The zero-order valence-electron chi connectivity index (χ0n) is 12.6. The van der Waals surface area contributed by atoms with Crippen LogP contribution in [0.15, 0.2) is 12.1 Å². The molecule has 0 aliphatic carbocycles. The highest BCUT2D eigenvalue weighted by molar-refractivity contribution is 5.35. The molecule has 1 nitrogen and oxygen atoms in total. The molecule has 1 aromatic rings. The zero-order chi connectivity index (χ0) is 14.1. The van der Waals surface area contributed by atoms with Crippen LogP contribution in [0.3, 0.4) is 0 Å². The minimum Gasteiger partial charge on any atom is -0.373 e. The number of hydrogen-bond donors (Lipinski definition) is 0. The van der Waals surface area contributed by atoms with Crippen LogP contribution in [0.4, 0.5) is 4.39 Å². The smallest absolute Gasteiger partial charge is 0.127 e. The summed E-state index contributed by atoms with van der Waals surface area (Å²) >= 11 is 0. The molecule has 1 atom stereocenters. The van der Waals surface area contributed by atoms with E-state index in [0.29, 0.717) is 13.0 Å². The highest BCUT2D eigenvalue weighted by Gasteiger charge is 2.19. The van der Waals surface area contributed by atoms with Crippen LogP contribution >= 0.6 is 0 Å². The van der Waals surface area contributed by atoms with Gasteiger partial charge in [0, 0.05) is 0 Å². The third kappa shape index (κ3) is 4.77. The number of halogens is 1. The fraction of sp³-hybridized carbons (Fsp3) is 0.625. The molecule has 0 fully saturated rings. The molecule has 0 aromatic heterocycles. The standard InChI is InChI=1S/C11H13FO.C3H8.C2H6/c1-7-5-10-8(2)13-4-3-9(10)11(12)6-7;1-3-2;1-2/h5-6,8H,3-4H2,1-2H3;3H2,1-2H3;1-2H3. The first kappa shape index (κ1) is 17.1. The Morgan fingerprint density at radius 3 is 2.39 bits per heavy atom. The fourth-order valence-electron chi connectivity index (χ4n) is 1.85. The van der Waals surface area contributed by atoms with Gasteiger partial charge in [-0.2, -0.15) is 0 Å². The number of rotatable bonds is 0. The van der Waals surface area contributed by atoms with Crippen molar-refractivity contribution >= 4 is 0 Å². The lowest BCUT2D eigenvalue weighted by atomic mass is 9.96. The van der Waals surface area contributed by atoms with E-state index in [1.807, 2.05) is 33.8 Å². The Morgan fingerprint density at radius 2 is 1.83 bits per heavy atom. The van der Waals surface area contributed by atoms with Crippen LogP contribution in [0, 0.1) is 12.7 Å². The maximum atomic E-state index is 13.4. The predicted octanol–water partition coefficient (Wildman–Crippen LogP) is 5.21. The molecule has 0 bridgehead atoms. The van der Waals surface area contributed by atoms with Gasteiger partial charge in [0.05, 0.1) is 12.7 Å². The second kappa shape index (κ2) is 9.09. The van der Waals surface area contributed by atoms with E-state index >= 15 is 0 Å². The molecule has 2 rings (SSSR count). The summed E-state index contributed by atoms with van der Waals surface area (Å²) in [6, 6.07) is 3.61. The Bertz CT molecular complexity index is 347. The van der Waals surface area contributed by atoms with Crippen LogP contribution in [0.2, 0.25) is 0 Å². The van der Waals surface area contributed by atoms with Gasteiger partial charge in [-0.05, 0) is 43.0 Å². The summed E-state index contributed by atoms with van der Waals surface area (Å²) in [5.74, 6) is -0.0786. The van der Waals surface area contributed by atoms with Crippen molar-refractivity contribution in [2.75, 3.05) is 6.61 Å². The molecular weight excluding hydrogens is 227 g/mol. The molecule has 1 aliphatic rings. The van der Waals surface area contributed by atoms with E-state index in [-0.39, 0.29) is 11.9 Å². The number of aryl methyl sites for hydroxylation is 1. The van der Waals surface area contributed by atoms with Gasteiger partial charge in [-0.15, -0.1) is 0 Å². The molecule has 1 heterocycles. The highest BCUT2D eigenvalue weighted by atomic mass is 19.1. The summed E-state index contributed by atoms with van der Waals surface area (Å²) in [4.78, 5) is 0. The first-order valence-electron chi connectivity index (χ1n) is 7.00. The van der Waals surface area contributed by atoms with Crippen LogP contribution in [0.5, 0.6) is 0 Å². The van der Waals surface area contributed by atoms with Crippen LogP contribution in [-0.2, 0) is 11.2 Å². The third-order valence-electron chi connectivity index (χ3n) is 2.53. The van der Waals surface area contributed by atoms with Crippen LogP contribution in [-0.4, -0.2) is 6.61 Å². The fourth-order valence-corrected chi connectivity index (χ4v) is 1.85. The number of hydrogen-bond acceptors (Lipinski definition) is 1. The van der Waals surface area contributed by atoms with Crippen molar-refractivity contribution in [3.05, 3.63) is 34.6 Å². The molecule has 1 unspecified atom stereocenters. The predicted molar refractivity (Wildman–Crippen MR) is 76.5 cm³/mol. The molecule has 1 aliphatic heterocycles. The van der Waals surface area contributed by atoms with Crippen LogP contribution < -0.4 is 0 Å². The average molecular weight is 254 g/mol. The van der Waals surface area contributed by atoms with Gasteiger partial charge in [-0.1, -0.05) is 40.2 Å². The van der Waals surface area contributed by atoms with Gasteiger partial charge in [0.25, 0.3) is 0 Å². The summed E-state index contributed by atoms with van der Waals surface area (Å²) < 4.78 is 18.9. The molecule has 0 radical (unpaired) electrons. The van der Waals surface area contributed by atoms with Crippen molar-refractivity contribution in [3.63, 3.8) is 0 Å². The Labute approximate surface area is 111 Å². The molecule has 0 amide bonds. The van der Waals surface area contributed by atoms with Crippen molar-refractivity contribution in [2.24, 2.45) is 0 Å². The minimum atomic E-state index is -0.0786. The lowest BCUT2D eigenvalue weighted by Gasteiger charge is -2.23. The third-order valence-corrected chi connectivity index (χ3v) is 2.53. The summed E-state index contributed by atoms with van der Waals surface area (Å²) in [7, 11) is 0. The van der Waals surface area contributed by atoms with Gasteiger partial charge in [-0.3, -0.25) is 0 Å². The summed E-state index contributed by atoms with van der Waals surface area (Å²) in [5, 5.41) is 0. The van der Waals surface area contributed by atoms with E-state index < -0.39 is 0 Å². The number of ether oxygens (including phenoxy) is 1. The maximum Gasteiger partial charge on any atom is 0.127 e. The van der Waals surface area contributed by atoms with Crippen molar-refractivity contribution in [2.45, 2.75) is 60.5 Å². The van der Waals surface area contributed by atoms with Crippen molar-refractivity contribution in [3.8, 4) is 0 Å². The van der Waals surface area contributed by atoms with E-state index in [2.05, 4.69) is 13.8 Å². The second-order valence-corrected chi connectivity index (χ2v) is 4.28. The monoisotopic (exact) mass is 254 g/mol. The van der Waals surface area contributed by atoms with E-state index in [1.54, 1.807) is 6.07 Å². The molecule has 1 aromatic carbocycles. The normalized spacial score (nSPS) is 16.7. The van der Waals surface area contributed by atoms with Crippen LogP contribution in [0.1, 0.15) is 63.8 Å². The quantitative estimate of drug-likeness (QED) is 0.617. The first-order chi connectivity index (χ1) is 8.60. The molecule has 0 saturated heterocycles. The van der Waals surface area contributed by atoms with Gasteiger partial charge in [0.15, 0.2) is 0 Å². The first-order valence-corrected chi connectivity index (χ1v) is 7.00. The minimum absolute atomic E-state index is 0.0400. The Kier molecular flexibility index (Phi) is 8.65. The molecular formula is C16H27FO. The maximum absolute atomic E-state index is 13.4. The van der Waals surface area contributed by atoms with Gasteiger partial charge in [0.1, 0.15) is 5.82 Å². The molecule has 0 N–H and O–H groups in total. The zero-order valence-corrected chi connectivity index (χ0v) is 12.6. The van der Waals surface area contributed by atoms with Gasteiger partial charge < -0.3 is 4.74 Å². The molecule has 104 valence electrons. The lowest BCUT2D eigenvalue weighted by molar-refractivity contribution is 0.0543. The van der Waals surface area contributed by atoms with Crippen molar-refractivity contribution in [1.29, 1.82) is 0 Å². The highest BCUT2D eigenvalue weighted by Crippen LogP contribution is 2.29. The van der Waals surface area contributed by atoms with Gasteiger partial charge >= 0.3 is 0 Å². The Hall–Kier alpha value is -0.890. The van der Waals surface area contributed by atoms with E-state index in [4.69, 9.17) is 4.74 Å². The Morgan fingerprint density at radius 1 is 1.28 bits per heavy atom. The largest absolute Gasteiger partial charge is 0.373 e. The summed E-state index contributed by atoms with van der Waals surface area (Å²) in [6.07, 6.45) is 1.99. The second-order valence-electron chi connectivity index (χ2n) is 4.28. The molecule has 2 heteroatoms. The van der Waals surface area contributed by atoms with Gasteiger partial charge in [-0.25, -0.2) is 4.39 Å². The summed E-state index contributed by atoms with van der Waals surface area (Å²) in [6.45, 7) is 12.8. The average Bonchev–Trinajstić information content (AvgIpc) is 2.34. The van der Waals surface area contributed by atoms with Crippen molar-refractivity contribution in [1.82, 2.24) is 0 Å². The lowest BCUT2D eigenvalue weighted by Crippen LogP contribution is -2.15. The summed E-state index contributed by atoms with van der Waals surface area (Å²) in [5.41, 5.74) is 2.82. The molecule has 18 heavy (non-hydrogen) atoms. The number of benzene rings is 1. The Balaban J connectivity index is 0.000000509. The van der Waals surface area contributed by atoms with E-state index in [1.165, 1.54) is 6.42 Å². The van der Waals surface area contributed by atoms with E-state index in [9.17, 15) is 4.39 Å². The SMILES string of the molecule is CC.CCC.Cc1cc(F)c2c(c1)C(C)OCC2. The van der Waals surface area contributed by atoms with Crippen LogP contribution in [0.25, 0.3) is 0 Å². The topological polar surface area (TPSA) is 9.23 Å². The molecule has 0 spiro atoms. The van der Waals surface area contributed by atoms with Gasteiger partial charge in [0.2, 0.25) is 0 Å². The number of fused-ring (bicyclic) bond motifs is 1. The van der Waals surface area contributed by atoms with Crippen molar-refractivity contribution < 1.29 is 9.13 Å².